The Morgan fingerprint density at radius 1 is 0.785 bits per heavy atom. The molecular weight excluding hydrogens is 1210 g/mol. The molecule has 0 radical (unpaired) electrons. The van der Waals surface area contributed by atoms with Crippen LogP contribution in [-0.4, -0.2) is 209 Å². The number of carboxylic acid groups (broad SMARTS) is 1. The summed E-state index contributed by atoms with van der Waals surface area (Å²) in [7, 11) is 5.96. The zero-order valence-electron chi connectivity index (χ0n) is 55.8. The first-order valence-electron chi connectivity index (χ1n) is 32.6. The molecule has 2 aliphatic heterocycles. The number of hydrogen-bond acceptors (Lipinski definition) is 18. The first-order valence-corrected chi connectivity index (χ1v) is 32.6. The van der Waals surface area contributed by atoms with Crippen molar-refractivity contribution in [3.63, 3.8) is 0 Å². The van der Waals surface area contributed by atoms with Crippen LogP contribution in [-0.2, 0) is 59.1 Å². The molecule has 0 aromatic heterocycles. The molecule has 17 atom stereocenters. The van der Waals surface area contributed by atoms with Crippen LogP contribution in [0.25, 0.3) is 0 Å². The number of likely N-dealkylation sites (tertiary alicyclic amines) is 1. The molecule has 1 saturated carbocycles. The summed E-state index contributed by atoms with van der Waals surface area (Å²) in [5, 5.41) is 63.3. The van der Waals surface area contributed by atoms with Gasteiger partial charge < -0.3 is 85.0 Å². The number of amides is 7. The van der Waals surface area contributed by atoms with Crippen molar-refractivity contribution in [2.75, 3.05) is 53.3 Å². The van der Waals surface area contributed by atoms with Crippen molar-refractivity contribution in [2.24, 2.45) is 41.4 Å². The van der Waals surface area contributed by atoms with E-state index in [9.17, 15) is 63.9 Å². The van der Waals surface area contributed by atoms with Crippen LogP contribution in [0.1, 0.15) is 130 Å². The Morgan fingerprint density at radius 2 is 1.45 bits per heavy atom. The van der Waals surface area contributed by atoms with Gasteiger partial charge in [0.05, 0.1) is 61.1 Å². The van der Waals surface area contributed by atoms with E-state index in [-0.39, 0.29) is 60.7 Å². The fourth-order valence-corrected chi connectivity index (χ4v) is 13.2. The Bertz CT molecular complexity index is 2850. The standard InChI is InChI=1S/C67H101N7O19/c1-13-38(6)54(49(88-11)33-51(76)74-31-21-26-47(74)59(89-12)39(7)61(81)69-40(8)55(77)42-22-17-16-18-23-42)72(9)63(83)52(36(2)3)71-62(82)53(37(4)5)73(10)67(87)91-34-41-27-28-48(92-65-58(80)56(78)57(79)60(93-65)64(84)85)46(32-41)70-50(75)29-30-68-66(86)90-35-45-43-24-19-14-15-20-25-44(43)45/h14-18,22-23,27-28,32,36-40,43-45,47,49,52-60,65,77-80H,13,19-21,24-26,29-31,33-35H2,1-12H3,(H,68,86)(H,69,81)(H,70,75)(H,71,82)(H,84,85)/b15-14-/t38-,39+,40+,43?,44?,45?,47-,49+,52-,53-,54-,55+,56-,57-,58?,59+,60?,65+/m0/s1. The Hall–Kier alpha value is -6.94. The Balaban J connectivity index is 1.10. The van der Waals surface area contributed by atoms with Crippen molar-refractivity contribution in [2.45, 2.75) is 199 Å². The molecule has 26 nitrogen and oxygen atoms in total. The quantitative estimate of drug-likeness (QED) is 0.0453. The zero-order chi connectivity index (χ0) is 68.5. The van der Waals surface area contributed by atoms with E-state index in [0.29, 0.717) is 49.1 Å². The highest BCUT2D eigenvalue weighted by Gasteiger charge is 2.51. The number of carboxylic acids is 1. The Morgan fingerprint density at radius 3 is 2.05 bits per heavy atom. The van der Waals surface area contributed by atoms with Gasteiger partial charge in [-0.05, 0) is 104 Å². The summed E-state index contributed by atoms with van der Waals surface area (Å²) in [4.78, 5) is 114. The lowest BCUT2D eigenvalue weighted by Crippen LogP contribution is -2.61. The molecule has 9 N–H and O–H groups in total. The molecule has 0 spiro atoms. The number of alkyl carbamates (subject to hydrolysis) is 1. The second kappa shape index (κ2) is 35.0. The van der Waals surface area contributed by atoms with Gasteiger partial charge in [-0.1, -0.05) is 103 Å². The minimum absolute atomic E-state index is 0.0881. The van der Waals surface area contributed by atoms with E-state index >= 15 is 0 Å². The van der Waals surface area contributed by atoms with E-state index in [2.05, 4.69) is 33.4 Å². The number of likely N-dealkylation sites (N-methyl/N-ethyl adjacent to an activating group) is 2. The minimum Gasteiger partial charge on any atom is -0.479 e. The number of carbonyl (C=O) groups is 8. The van der Waals surface area contributed by atoms with Gasteiger partial charge in [-0.15, -0.1) is 0 Å². The molecular formula is C67H101N7O19. The smallest absolute Gasteiger partial charge is 0.410 e. The van der Waals surface area contributed by atoms with E-state index in [1.807, 2.05) is 32.0 Å². The largest absolute Gasteiger partial charge is 0.479 e. The highest BCUT2D eigenvalue weighted by Crippen LogP contribution is 2.53. The van der Waals surface area contributed by atoms with E-state index in [1.54, 1.807) is 65.6 Å². The van der Waals surface area contributed by atoms with Crippen molar-refractivity contribution in [3.05, 3.63) is 71.8 Å². The van der Waals surface area contributed by atoms with Gasteiger partial charge in [0.25, 0.3) is 0 Å². The van der Waals surface area contributed by atoms with Crippen LogP contribution < -0.4 is 26.0 Å². The van der Waals surface area contributed by atoms with Gasteiger partial charge in [0, 0.05) is 47.8 Å². The molecule has 3 fully saturated rings. The van der Waals surface area contributed by atoms with Crippen LogP contribution >= 0.6 is 0 Å². The molecule has 7 amide bonds. The van der Waals surface area contributed by atoms with Crippen LogP contribution in [0.15, 0.2) is 60.7 Å². The van der Waals surface area contributed by atoms with Gasteiger partial charge in [0.1, 0.15) is 42.8 Å². The highest BCUT2D eigenvalue weighted by atomic mass is 16.7. The molecule has 0 bridgehead atoms. The van der Waals surface area contributed by atoms with Gasteiger partial charge >= 0.3 is 18.2 Å². The Labute approximate surface area is 545 Å². The molecule has 6 rings (SSSR count). The molecule has 93 heavy (non-hydrogen) atoms. The number of aliphatic hydroxyl groups excluding tert-OH is 4. The molecule has 2 heterocycles. The van der Waals surface area contributed by atoms with Crippen molar-refractivity contribution in [1.29, 1.82) is 0 Å². The number of benzene rings is 2. The Kier molecular flexibility index (Phi) is 28.3. The third kappa shape index (κ3) is 19.6. The van der Waals surface area contributed by atoms with Gasteiger partial charge in [0.2, 0.25) is 35.8 Å². The molecule has 26 heteroatoms. The maximum atomic E-state index is 14.9. The fraction of sp³-hybridized carbons (Fsp3) is 0.672. The number of carbonyl (C=O) groups excluding carboxylic acids is 7. The van der Waals surface area contributed by atoms with Gasteiger partial charge in [-0.25, -0.2) is 14.4 Å². The van der Waals surface area contributed by atoms with Gasteiger partial charge in [-0.2, -0.15) is 0 Å². The molecule has 518 valence electrons. The number of anilines is 1. The molecule has 2 aromatic carbocycles. The zero-order valence-corrected chi connectivity index (χ0v) is 55.8. The number of nitrogens with zero attached hydrogens (tertiary/aromatic N) is 3. The van der Waals surface area contributed by atoms with E-state index in [0.717, 1.165) is 30.6 Å². The average molecular weight is 1310 g/mol. The van der Waals surface area contributed by atoms with Crippen LogP contribution in [0.5, 0.6) is 5.75 Å². The third-order valence-electron chi connectivity index (χ3n) is 18.9. The number of ether oxygens (including phenoxy) is 6. The summed E-state index contributed by atoms with van der Waals surface area (Å²) < 4.78 is 34.4. The van der Waals surface area contributed by atoms with Crippen LogP contribution in [0.3, 0.4) is 0 Å². The van der Waals surface area contributed by atoms with Crippen molar-refractivity contribution >= 4 is 53.4 Å². The van der Waals surface area contributed by atoms with Gasteiger partial charge in [0.15, 0.2) is 6.10 Å². The summed E-state index contributed by atoms with van der Waals surface area (Å²) in [6.45, 7) is 14.5. The lowest BCUT2D eigenvalue weighted by Gasteiger charge is -2.41. The summed E-state index contributed by atoms with van der Waals surface area (Å²) in [6.07, 6.45) is -4.01. The monoisotopic (exact) mass is 1310 g/mol. The molecule has 4 aliphatic rings. The maximum Gasteiger partial charge on any atom is 0.410 e. The highest BCUT2D eigenvalue weighted by molar-refractivity contribution is 5.93. The second-order valence-electron chi connectivity index (χ2n) is 26.0. The van der Waals surface area contributed by atoms with Crippen LogP contribution in [0, 0.1) is 41.4 Å². The fourth-order valence-electron chi connectivity index (χ4n) is 13.2. The van der Waals surface area contributed by atoms with Gasteiger partial charge in [-0.3, -0.25) is 28.9 Å². The lowest BCUT2D eigenvalue weighted by molar-refractivity contribution is -0.271. The van der Waals surface area contributed by atoms with Crippen molar-refractivity contribution < 1.29 is 92.3 Å². The number of methoxy groups -OCH3 is 2. The molecule has 2 aromatic rings. The molecule has 2 aliphatic carbocycles. The van der Waals surface area contributed by atoms with Crippen LogP contribution in [0.4, 0.5) is 15.3 Å². The number of rotatable bonds is 31. The first-order chi connectivity index (χ1) is 44.1. The number of fused-ring (bicyclic) bond motifs is 1. The maximum absolute atomic E-state index is 14.9. The number of aliphatic carboxylic acids is 1. The third-order valence-corrected chi connectivity index (χ3v) is 18.9. The summed E-state index contributed by atoms with van der Waals surface area (Å²) in [6, 6.07) is 9.07. The normalized spacial score (nSPS) is 25.1. The predicted molar refractivity (Wildman–Crippen MR) is 341 cm³/mol. The second-order valence-corrected chi connectivity index (χ2v) is 26.0. The number of allylic oxidation sites excluding steroid dienone is 2. The number of nitrogens with one attached hydrogen (secondary N) is 4. The average Bonchev–Trinajstić information content (AvgIpc) is 1.72. The van der Waals surface area contributed by atoms with E-state index < -0.39 is 139 Å². The minimum atomic E-state index is -2.01. The van der Waals surface area contributed by atoms with E-state index in [4.69, 9.17) is 28.4 Å². The first kappa shape index (κ1) is 75.1. The van der Waals surface area contributed by atoms with E-state index in [1.165, 1.54) is 44.4 Å². The topological polar surface area (TPSA) is 351 Å². The molecule has 2 saturated heterocycles. The number of aliphatic hydroxyl groups is 4. The lowest BCUT2D eigenvalue weighted by atomic mass is 9.89. The predicted octanol–water partition coefficient (Wildman–Crippen LogP) is 4.90. The van der Waals surface area contributed by atoms with Crippen molar-refractivity contribution in [1.82, 2.24) is 30.7 Å². The SMILES string of the molecule is CC[C@H](C)[C@@H]([C@@H](CC(=O)N1CCC[C@H]1[C@H](OC)[C@@H](C)C(=O)N[C@H](C)[C@@H](O)c1ccccc1)OC)N(C)C(=O)[C@@H](NC(=O)[C@H](C(C)C)N(C)C(=O)OCc1ccc(O[C@@H]2OC(C(=O)O)[C@@H](O)[C@H](O)C2O)c(NC(=O)CCNC(=O)OCC2C3CC/C=C\CCC32)c1)C(C)C. The van der Waals surface area contributed by atoms with Crippen molar-refractivity contribution in [3.8, 4) is 5.75 Å². The van der Waals surface area contributed by atoms with Crippen LogP contribution in [0.2, 0.25) is 0 Å². The number of hydrogen-bond donors (Lipinski definition) is 9. The summed E-state index contributed by atoms with van der Waals surface area (Å²) >= 11 is 0. The summed E-state index contributed by atoms with van der Waals surface area (Å²) in [5.74, 6) is -4.79. The molecule has 4 unspecified atom stereocenters. The summed E-state index contributed by atoms with van der Waals surface area (Å²) in [5.41, 5.74) is 0.834.